The molecule has 0 amide bonds. The summed E-state index contributed by atoms with van der Waals surface area (Å²) in [5, 5.41) is 0. The van der Waals surface area contributed by atoms with Gasteiger partial charge >= 0.3 is 23.7 Å². The van der Waals surface area contributed by atoms with Crippen LogP contribution < -0.4 is 0 Å². The molecule has 14 heteroatoms. The lowest BCUT2D eigenvalue weighted by Crippen LogP contribution is -1.19. The molecule has 0 saturated carbocycles. The topological polar surface area (TPSA) is 163 Å². The van der Waals surface area contributed by atoms with Crippen molar-refractivity contribution < 1.29 is 42.1 Å². The summed E-state index contributed by atoms with van der Waals surface area (Å²) in [6, 6.07) is 0. The molecule has 9 nitrogen and oxygen atoms in total. The van der Waals surface area contributed by atoms with Gasteiger partial charge in [-0.3, -0.25) is 14.7 Å². The van der Waals surface area contributed by atoms with Crippen LogP contribution in [0.25, 0.3) is 0 Å². The van der Waals surface area contributed by atoms with E-state index in [0.29, 0.717) is 0 Å². The van der Waals surface area contributed by atoms with Crippen LogP contribution in [0, 0.1) is 0 Å². The lowest BCUT2D eigenvalue weighted by atomic mass is 15.9. The predicted octanol–water partition coefficient (Wildman–Crippen LogP) is -2.17. The first-order valence-corrected chi connectivity index (χ1v) is 5.09. The Hall–Kier alpha value is 0.645. The van der Waals surface area contributed by atoms with Crippen molar-refractivity contribution in [1.29, 1.82) is 0 Å². The van der Waals surface area contributed by atoms with Gasteiger partial charge in [0.1, 0.15) is 0 Å². The van der Waals surface area contributed by atoms with Crippen molar-refractivity contribution in [2.45, 2.75) is 0 Å². The molecule has 0 aliphatic carbocycles. The Balaban J connectivity index is -0.0000000270. The first kappa shape index (κ1) is 29.3. The second-order valence-corrected chi connectivity index (χ2v) is 2.14. The SMILES string of the molecule is O=P(=O)O.O=P(=O)O.O=P(=O)O.[AlH3].[AlH3]. The summed E-state index contributed by atoms with van der Waals surface area (Å²) in [7, 11) is -9.36. The smallest absolute Gasteiger partial charge is 0.287 e. The molecule has 0 aromatic carbocycles. The van der Waals surface area contributed by atoms with Gasteiger partial charge in [-0.2, -0.15) is 0 Å². The van der Waals surface area contributed by atoms with Gasteiger partial charge in [0.2, 0.25) is 0 Å². The van der Waals surface area contributed by atoms with Gasteiger partial charge < -0.3 is 0 Å². The van der Waals surface area contributed by atoms with E-state index < -0.39 is 23.7 Å². The number of rotatable bonds is 0. The summed E-state index contributed by atoms with van der Waals surface area (Å²) in [6.45, 7) is 0. The lowest BCUT2D eigenvalue weighted by Gasteiger charge is -1.35. The first-order valence-electron chi connectivity index (χ1n) is 1.70. The highest BCUT2D eigenvalue weighted by molar-refractivity contribution is 7.23. The van der Waals surface area contributed by atoms with E-state index in [9.17, 15) is 0 Å². The number of hydrogen-bond donors (Lipinski definition) is 3. The van der Waals surface area contributed by atoms with Crippen molar-refractivity contribution in [3.05, 3.63) is 0 Å². The third kappa shape index (κ3) is 4120. The van der Waals surface area contributed by atoms with Crippen molar-refractivity contribution in [2.75, 3.05) is 0 Å². The van der Waals surface area contributed by atoms with Gasteiger partial charge in [0, 0.05) is 0 Å². The highest BCUT2D eigenvalue weighted by Gasteiger charge is 1.58. The fourth-order valence-corrected chi connectivity index (χ4v) is 0. The van der Waals surface area contributed by atoms with Gasteiger partial charge in [0.05, 0.1) is 0 Å². The Morgan fingerprint density at radius 1 is 0.500 bits per heavy atom. The average molecular weight is 300 g/mol. The maximum atomic E-state index is 8.59. The summed E-state index contributed by atoms with van der Waals surface area (Å²) in [5.74, 6) is 0. The molecule has 0 radical (unpaired) electrons. The van der Waals surface area contributed by atoms with E-state index >= 15 is 0 Å². The fourth-order valence-electron chi connectivity index (χ4n) is 0. The van der Waals surface area contributed by atoms with Gasteiger partial charge in [0.15, 0.2) is 34.7 Å². The maximum Gasteiger partial charge on any atom is 0.465 e. The molecule has 0 rings (SSSR count). The minimum atomic E-state index is -3.12. The van der Waals surface area contributed by atoms with Crippen LogP contribution in [0.5, 0.6) is 0 Å². The molecule has 0 aromatic heterocycles. The molecule has 0 spiro atoms. The van der Waals surface area contributed by atoms with Gasteiger partial charge in [0.25, 0.3) is 0 Å². The zero-order chi connectivity index (χ0) is 10.7. The average Bonchev–Trinajstić information content (AvgIpc) is 1.54. The minimum absolute atomic E-state index is 0. The molecule has 3 N–H and O–H groups in total. The molecule has 14 heavy (non-hydrogen) atoms. The van der Waals surface area contributed by atoms with E-state index in [0.717, 1.165) is 0 Å². The monoisotopic (exact) mass is 300 g/mol. The Morgan fingerprint density at radius 3 is 0.500 bits per heavy atom. The van der Waals surface area contributed by atoms with Crippen LogP contribution in [-0.2, 0) is 27.4 Å². The predicted molar refractivity (Wildman–Crippen MR) is 51.4 cm³/mol. The Morgan fingerprint density at radius 2 is 0.500 bits per heavy atom. The second-order valence-electron chi connectivity index (χ2n) is 0.714. The van der Waals surface area contributed by atoms with E-state index in [-0.39, 0.29) is 34.7 Å². The van der Waals surface area contributed by atoms with E-state index in [4.69, 9.17) is 42.1 Å². The normalized spacial score (nSPS) is 5.36. The van der Waals surface area contributed by atoms with Crippen LogP contribution in [0.1, 0.15) is 0 Å². The maximum absolute atomic E-state index is 8.59. The highest BCUT2D eigenvalue weighted by atomic mass is 31.1. The van der Waals surface area contributed by atoms with Gasteiger partial charge in [-0.25, -0.2) is 27.4 Å². The van der Waals surface area contributed by atoms with Crippen molar-refractivity contribution >= 4 is 58.4 Å². The summed E-state index contributed by atoms with van der Waals surface area (Å²) in [5.41, 5.74) is 0. The Labute approximate surface area is 101 Å². The van der Waals surface area contributed by atoms with Crippen LogP contribution in [0.2, 0.25) is 0 Å². The molecular weight excluding hydrogens is 291 g/mol. The van der Waals surface area contributed by atoms with Crippen molar-refractivity contribution in [1.82, 2.24) is 0 Å². The Kier molecular flexibility index (Phi) is 49.1. The lowest BCUT2D eigenvalue weighted by molar-refractivity contribution is 0.432. The van der Waals surface area contributed by atoms with Crippen LogP contribution >= 0.6 is 23.7 Å². The summed E-state index contributed by atoms with van der Waals surface area (Å²) < 4.78 is 51.6. The summed E-state index contributed by atoms with van der Waals surface area (Å²) in [6.07, 6.45) is 0. The van der Waals surface area contributed by atoms with E-state index in [2.05, 4.69) is 0 Å². The second kappa shape index (κ2) is 23.5. The van der Waals surface area contributed by atoms with E-state index in [1.807, 2.05) is 0 Å². The molecule has 0 atom stereocenters. The summed E-state index contributed by atoms with van der Waals surface area (Å²) in [4.78, 5) is 21.0. The third-order valence-electron chi connectivity index (χ3n) is 0. The van der Waals surface area contributed by atoms with Crippen LogP contribution in [0.15, 0.2) is 0 Å². The highest BCUT2D eigenvalue weighted by Crippen LogP contribution is 1.85. The molecule has 0 unspecified atom stereocenters. The third-order valence-corrected chi connectivity index (χ3v) is 0. The van der Waals surface area contributed by atoms with Crippen LogP contribution in [-0.4, -0.2) is 49.4 Å². The zero-order valence-corrected chi connectivity index (χ0v) is 7.82. The molecule has 0 heterocycles. The quantitative estimate of drug-likeness (QED) is 0.333. The van der Waals surface area contributed by atoms with Gasteiger partial charge in [-0.15, -0.1) is 0 Å². The molecule has 0 aliphatic rings. The summed E-state index contributed by atoms with van der Waals surface area (Å²) >= 11 is 0. The van der Waals surface area contributed by atoms with Gasteiger partial charge in [-0.05, 0) is 0 Å². The molecule has 0 aliphatic heterocycles. The fraction of sp³-hybridized carbons (Fsp3) is 0. The van der Waals surface area contributed by atoms with E-state index in [1.54, 1.807) is 0 Å². The zero-order valence-electron chi connectivity index (χ0n) is 5.13. The van der Waals surface area contributed by atoms with Crippen LogP contribution in [0.4, 0.5) is 0 Å². The van der Waals surface area contributed by atoms with Crippen molar-refractivity contribution in [3.63, 3.8) is 0 Å². The largest absolute Gasteiger partial charge is 0.465 e. The van der Waals surface area contributed by atoms with Crippen molar-refractivity contribution in [3.8, 4) is 0 Å². The Bertz CT molecular complexity index is 211. The molecule has 0 bridgehead atoms. The standard InChI is InChI=1S/2Al.3HO3P.6H/c;;3*1-4(2)3;;;;;;/h;;3*(H,1,2,3);;;;;;. The van der Waals surface area contributed by atoms with Gasteiger partial charge in [-0.1, -0.05) is 0 Å². The molecule has 0 aromatic rings. The molecule has 84 valence electrons. The van der Waals surface area contributed by atoms with Crippen molar-refractivity contribution in [2.24, 2.45) is 0 Å². The molecule has 0 saturated heterocycles. The number of hydrogen-bond acceptors (Lipinski definition) is 6. The first-order chi connectivity index (χ1) is 5.20. The van der Waals surface area contributed by atoms with E-state index in [1.165, 1.54) is 0 Å². The minimum Gasteiger partial charge on any atom is -0.287 e. The van der Waals surface area contributed by atoms with Crippen LogP contribution in [0.3, 0.4) is 0 Å². The molecular formula is H9Al2O9P3. The molecule has 0 fully saturated rings.